The zero-order valence-corrected chi connectivity index (χ0v) is 17.3. The van der Waals surface area contributed by atoms with E-state index in [1.807, 2.05) is 13.8 Å². The highest BCUT2D eigenvalue weighted by Gasteiger charge is 2.64. The molecule has 0 N–H and O–H groups in total. The zero-order valence-electron chi connectivity index (χ0n) is 17.3. The minimum Gasteiger partial charge on any atom is -0.460 e. The maximum Gasteiger partial charge on any atom is 0.311 e. The molecule has 9 atom stereocenters. The number of nitrogens with zero attached hydrogens (tertiary/aromatic N) is 1. The van der Waals surface area contributed by atoms with Gasteiger partial charge in [-0.1, -0.05) is 20.8 Å². The average Bonchev–Trinajstić information content (AvgIpc) is 3.33. The Morgan fingerprint density at radius 1 is 1.04 bits per heavy atom. The van der Waals surface area contributed by atoms with E-state index in [0.717, 1.165) is 45.1 Å². The molecular weight excluding hydrogens is 358 g/mol. The molecule has 0 aromatic rings. The predicted octanol–water partition coefficient (Wildman–Crippen LogP) is 2.89. The van der Waals surface area contributed by atoms with Crippen LogP contribution in [-0.4, -0.2) is 53.5 Å². The molecule has 28 heavy (non-hydrogen) atoms. The van der Waals surface area contributed by atoms with Crippen LogP contribution in [0, 0.1) is 23.7 Å². The number of rotatable bonds is 2. The van der Waals surface area contributed by atoms with Gasteiger partial charge in [0.2, 0.25) is 5.79 Å². The summed E-state index contributed by atoms with van der Waals surface area (Å²) in [6.07, 6.45) is 7.00. The van der Waals surface area contributed by atoms with Gasteiger partial charge < -0.3 is 14.2 Å². The molecule has 5 heterocycles. The first-order valence-electron chi connectivity index (χ1n) is 11.3. The van der Waals surface area contributed by atoms with E-state index in [2.05, 4.69) is 11.8 Å². The summed E-state index contributed by atoms with van der Waals surface area (Å²) in [5.74, 6) is -0.278. The van der Waals surface area contributed by atoms with Gasteiger partial charge in [0.25, 0.3) is 0 Å². The Labute approximate surface area is 167 Å². The van der Waals surface area contributed by atoms with E-state index in [0.29, 0.717) is 24.4 Å². The van der Waals surface area contributed by atoms with Gasteiger partial charge >= 0.3 is 11.9 Å². The van der Waals surface area contributed by atoms with Crippen LogP contribution in [0.5, 0.6) is 0 Å². The second-order valence-corrected chi connectivity index (χ2v) is 9.79. The van der Waals surface area contributed by atoms with Crippen LogP contribution in [-0.2, 0) is 23.8 Å². The summed E-state index contributed by atoms with van der Waals surface area (Å²) in [5, 5.41) is 0. The summed E-state index contributed by atoms with van der Waals surface area (Å²) >= 11 is 0. The van der Waals surface area contributed by atoms with Crippen LogP contribution in [0.25, 0.3) is 0 Å². The van der Waals surface area contributed by atoms with Crippen LogP contribution in [0.1, 0.15) is 65.7 Å². The normalized spacial score (nSPS) is 51.1. The van der Waals surface area contributed by atoms with Gasteiger partial charge in [0.15, 0.2) is 0 Å². The van der Waals surface area contributed by atoms with Crippen LogP contribution in [0.3, 0.4) is 0 Å². The van der Waals surface area contributed by atoms with E-state index in [1.165, 1.54) is 0 Å². The SMILES string of the molecule is CCC1C2C(CCCN3C(C4CC(C)C(=O)O4)CCC23)OC12CC(C)C(=O)O2. The van der Waals surface area contributed by atoms with Crippen molar-refractivity contribution in [1.82, 2.24) is 4.90 Å². The Hall–Kier alpha value is -1.14. The summed E-state index contributed by atoms with van der Waals surface area (Å²) in [6.45, 7) is 7.18. The molecule has 6 heteroatoms. The molecule has 5 fully saturated rings. The van der Waals surface area contributed by atoms with Crippen molar-refractivity contribution in [2.24, 2.45) is 23.7 Å². The summed E-state index contributed by atoms with van der Waals surface area (Å²) < 4.78 is 18.3. The van der Waals surface area contributed by atoms with Crippen molar-refractivity contribution in [2.45, 2.75) is 95.8 Å². The fourth-order valence-electron chi connectivity index (χ4n) is 6.98. The van der Waals surface area contributed by atoms with Gasteiger partial charge in [-0.05, 0) is 45.1 Å². The third-order valence-corrected chi connectivity index (χ3v) is 8.16. The lowest BCUT2D eigenvalue weighted by atomic mass is 9.76. The molecule has 0 aliphatic carbocycles. The number of carbonyl (C=O) groups excluding carboxylic acids is 2. The third-order valence-electron chi connectivity index (χ3n) is 8.16. The monoisotopic (exact) mass is 391 g/mol. The van der Waals surface area contributed by atoms with Crippen LogP contribution in [0.15, 0.2) is 0 Å². The smallest absolute Gasteiger partial charge is 0.311 e. The van der Waals surface area contributed by atoms with Crippen molar-refractivity contribution in [3.63, 3.8) is 0 Å². The average molecular weight is 392 g/mol. The maximum atomic E-state index is 12.2. The fourth-order valence-corrected chi connectivity index (χ4v) is 6.98. The quantitative estimate of drug-likeness (QED) is 0.675. The highest BCUT2D eigenvalue weighted by molar-refractivity contribution is 5.75. The minimum absolute atomic E-state index is 0.0182. The third kappa shape index (κ3) is 2.67. The van der Waals surface area contributed by atoms with Crippen molar-refractivity contribution < 1.29 is 23.8 Å². The number of fused-ring (bicyclic) bond motifs is 3. The number of carbonyl (C=O) groups is 2. The number of cyclic esters (lactones) is 1. The van der Waals surface area contributed by atoms with Crippen molar-refractivity contribution in [1.29, 1.82) is 0 Å². The molecule has 0 bridgehead atoms. The Morgan fingerprint density at radius 2 is 1.82 bits per heavy atom. The van der Waals surface area contributed by atoms with Crippen LogP contribution in [0.4, 0.5) is 0 Å². The highest BCUT2D eigenvalue weighted by Crippen LogP contribution is 2.55. The lowest BCUT2D eigenvalue weighted by molar-refractivity contribution is -0.219. The van der Waals surface area contributed by atoms with Crippen molar-refractivity contribution in [3.05, 3.63) is 0 Å². The second kappa shape index (κ2) is 6.69. The minimum atomic E-state index is -0.712. The molecule has 6 nitrogen and oxygen atoms in total. The summed E-state index contributed by atoms with van der Waals surface area (Å²) in [4.78, 5) is 26.8. The first-order chi connectivity index (χ1) is 13.4. The number of ether oxygens (including phenoxy) is 3. The molecular formula is C22H33NO5. The highest BCUT2D eigenvalue weighted by atomic mass is 16.7. The summed E-state index contributed by atoms with van der Waals surface area (Å²) in [6, 6.07) is 0.766. The Morgan fingerprint density at radius 3 is 2.46 bits per heavy atom. The largest absolute Gasteiger partial charge is 0.460 e. The standard InChI is InChI=1S/C22H33NO5/c1-4-14-19-16-8-7-15(18-10-12(2)20(24)26-18)23(16)9-5-6-17(19)27-22(14)11-13(3)21(25)28-22/h12-19H,4-11H2,1-3H3. The second-order valence-electron chi connectivity index (χ2n) is 9.79. The topological polar surface area (TPSA) is 65.1 Å². The van der Waals surface area contributed by atoms with Gasteiger partial charge in [-0.3, -0.25) is 14.5 Å². The molecule has 156 valence electrons. The molecule has 5 saturated heterocycles. The molecule has 0 aromatic carbocycles. The van der Waals surface area contributed by atoms with Gasteiger partial charge in [-0.25, -0.2) is 0 Å². The molecule has 5 rings (SSSR count). The maximum absolute atomic E-state index is 12.2. The number of hydrogen-bond acceptors (Lipinski definition) is 6. The molecule has 5 aliphatic rings. The molecule has 0 amide bonds. The number of esters is 2. The first kappa shape index (κ1) is 18.9. The molecule has 0 aromatic heterocycles. The molecule has 0 radical (unpaired) electrons. The zero-order chi connectivity index (χ0) is 19.6. The van der Waals surface area contributed by atoms with Crippen LogP contribution in [0.2, 0.25) is 0 Å². The lowest BCUT2D eigenvalue weighted by Crippen LogP contribution is -2.48. The van der Waals surface area contributed by atoms with Crippen molar-refractivity contribution in [3.8, 4) is 0 Å². The van der Waals surface area contributed by atoms with Gasteiger partial charge in [0.1, 0.15) is 6.10 Å². The van der Waals surface area contributed by atoms with E-state index in [-0.39, 0.29) is 41.9 Å². The summed E-state index contributed by atoms with van der Waals surface area (Å²) in [5.41, 5.74) is 0. The Kier molecular flexibility index (Phi) is 4.51. The molecule has 0 saturated carbocycles. The lowest BCUT2D eigenvalue weighted by Gasteiger charge is -2.37. The Balaban J connectivity index is 1.41. The predicted molar refractivity (Wildman–Crippen MR) is 101 cm³/mol. The summed E-state index contributed by atoms with van der Waals surface area (Å²) in [7, 11) is 0. The van der Waals surface area contributed by atoms with Gasteiger partial charge in [-0.15, -0.1) is 0 Å². The fraction of sp³-hybridized carbons (Fsp3) is 0.909. The van der Waals surface area contributed by atoms with Gasteiger partial charge in [0.05, 0.1) is 17.9 Å². The van der Waals surface area contributed by atoms with E-state index >= 15 is 0 Å². The first-order valence-corrected chi connectivity index (χ1v) is 11.3. The molecule has 5 aliphatic heterocycles. The van der Waals surface area contributed by atoms with E-state index < -0.39 is 5.79 Å². The molecule has 1 spiro atoms. The van der Waals surface area contributed by atoms with Crippen LogP contribution >= 0.6 is 0 Å². The Bertz CT molecular complexity index is 667. The number of hydrogen-bond donors (Lipinski definition) is 0. The van der Waals surface area contributed by atoms with E-state index in [4.69, 9.17) is 14.2 Å². The van der Waals surface area contributed by atoms with Gasteiger partial charge in [0, 0.05) is 30.3 Å². The van der Waals surface area contributed by atoms with E-state index in [1.54, 1.807) is 0 Å². The molecule has 9 unspecified atom stereocenters. The van der Waals surface area contributed by atoms with Gasteiger partial charge in [-0.2, -0.15) is 0 Å². The van der Waals surface area contributed by atoms with Crippen molar-refractivity contribution in [2.75, 3.05) is 6.54 Å². The van der Waals surface area contributed by atoms with Crippen LogP contribution < -0.4 is 0 Å². The van der Waals surface area contributed by atoms with Crippen molar-refractivity contribution >= 4 is 11.9 Å². The van der Waals surface area contributed by atoms with E-state index in [9.17, 15) is 9.59 Å².